The Bertz CT molecular complexity index is 402. The number of rotatable bonds is 2. The summed E-state index contributed by atoms with van der Waals surface area (Å²) in [6.45, 7) is 1.09. The summed E-state index contributed by atoms with van der Waals surface area (Å²) in [5, 5.41) is 9.48. The van der Waals surface area contributed by atoms with Gasteiger partial charge in [-0.2, -0.15) is 0 Å². The molecule has 2 rings (SSSR count). The summed E-state index contributed by atoms with van der Waals surface area (Å²) in [5.41, 5.74) is 6.67. The summed E-state index contributed by atoms with van der Waals surface area (Å²) in [6, 6.07) is 9.13. The smallest absolute Gasteiger partial charge is 0.410 e. The zero-order chi connectivity index (χ0) is 13.0. The highest BCUT2D eigenvalue weighted by Gasteiger charge is 2.28. The Labute approximate surface area is 118 Å². The van der Waals surface area contributed by atoms with Crippen LogP contribution in [0, 0.1) is 0 Å². The number of carbonyl (C=O) groups is 1. The van der Waals surface area contributed by atoms with Crippen LogP contribution in [0.1, 0.15) is 12.0 Å². The van der Waals surface area contributed by atoms with Crippen molar-refractivity contribution in [2.45, 2.75) is 25.2 Å². The molecule has 1 aliphatic heterocycles. The standard InChI is InChI=1S/C13H18N2O3.ClH/c14-11-8-15(7-6-12(11)16)13(17)18-9-10-4-2-1-3-5-10;/h1-5,11-12,16H,6-9,14H2;1H/t11-,12-;/m0./s1. The highest BCUT2D eigenvalue weighted by Crippen LogP contribution is 2.11. The quantitative estimate of drug-likeness (QED) is 0.855. The van der Waals surface area contributed by atoms with Crippen LogP contribution in [0.15, 0.2) is 30.3 Å². The number of aliphatic hydroxyl groups excluding tert-OH is 1. The maximum atomic E-state index is 11.8. The maximum Gasteiger partial charge on any atom is 0.410 e. The van der Waals surface area contributed by atoms with Gasteiger partial charge in [-0.15, -0.1) is 12.4 Å². The van der Waals surface area contributed by atoms with Crippen molar-refractivity contribution in [2.24, 2.45) is 5.73 Å². The van der Waals surface area contributed by atoms with Gasteiger partial charge < -0.3 is 20.5 Å². The van der Waals surface area contributed by atoms with Gasteiger partial charge in [-0.1, -0.05) is 30.3 Å². The van der Waals surface area contributed by atoms with Gasteiger partial charge in [-0.25, -0.2) is 4.79 Å². The van der Waals surface area contributed by atoms with E-state index in [1.165, 1.54) is 0 Å². The predicted molar refractivity (Wildman–Crippen MR) is 74.0 cm³/mol. The van der Waals surface area contributed by atoms with Crippen molar-refractivity contribution in [2.75, 3.05) is 13.1 Å². The fourth-order valence-corrected chi connectivity index (χ4v) is 1.95. The third-order valence-corrected chi connectivity index (χ3v) is 3.08. The van der Waals surface area contributed by atoms with Gasteiger partial charge in [-0.05, 0) is 12.0 Å². The van der Waals surface area contributed by atoms with Gasteiger partial charge in [0.1, 0.15) is 6.61 Å². The molecule has 2 atom stereocenters. The summed E-state index contributed by atoms with van der Waals surface area (Å²) < 4.78 is 5.20. The van der Waals surface area contributed by atoms with Crippen LogP contribution in [0.5, 0.6) is 0 Å². The minimum Gasteiger partial charge on any atom is -0.445 e. The Morgan fingerprint density at radius 2 is 2.11 bits per heavy atom. The Morgan fingerprint density at radius 3 is 2.74 bits per heavy atom. The number of benzene rings is 1. The second kappa shape index (κ2) is 7.33. The monoisotopic (exact) mass is 286 g/mol. The van der Waals surface area contributed by atoms with Crippen LogP contribution in [0.2, 0.25) is 0 Å². The van der Waals surface area contributed by atoms with Crippen molar-refractivity contribution >= 4 is 18.5 Å². The molecule has 1 saturated heterocycles. The molecule has 106 valence electrons. The highest BCUT2D eigenvalue weighted by molar-refractivity contribution is 5.85. The van der Waals surface area contributed by atoms with Gasteiger partial charge in [0.2, 0.25) is 0 Å². The van der Waals surface area contributed by atoms with Crippen molar-refractivity contribution in [1.29, 1.82) is 0 Å². The number of halogens is 1. The minimum atomic E-state index is -0.525. The first-order valence-corrected chi connectivity index (χ1v) is 6.06. The van der Waals surface area contributed by atoms with E-state index in [0.717, 1.165) is 5.56 Å². The average Bonchev–Trinajstić information content (AvgIpc) is 2.40. The summed E-state index contributed by atoms with van der Waals surface area (Å²) in [7, 11) is 0. The molecule has 0 saturated carbocycles. The second-order valence-corrected chi connectivity index (χ2v) is 4.51. The number of hydrogen-bond donors (Lipinski definition) is 2. The van der Waals surface area contributed by atoms with Gasteiger partial charge in [0.15, 0.2) is 0 Å². The summed E-state index contributed by atoms with van der Waals surface area (Å²) >= 11 is 0. The molecule has 1 fully saturated rings. The number of amides is 1. The molecular formula is C13H19ClN2O3. The Morgan fingerprint density at radius 1 is 1.42 bits per heavy atom. The van der Waals surface area contributed by atoms with Crippen molar-refractivity contribution < 1.29 is 14.6 Å². The maximum absolute atomic E-state index is 11.8. The Balaban J connectivity index is 0.00000180. The van der Waals surface area contributed by atoms with E-state index in [0.29, 0.717) is 19.5 Å². The number of nitrogens with zero attached hydrogens (tertiary/aromatic N) is 1. The van der Waals surface area contributed by atoms with Gasteiger partial charge in [0, 0.05) is 19.1 Å². The molecule has 1 aromatic carbocycles. The van der Waals surface area contributed by atoms with Crippen LogP contribution in [0.25, 0.3) is 0 Å². The largest absolute Gasteiger partial charge is 0.445 e. The van der Waals surface area contributed by atoms with Crippen LogP contribution in [-0.4, -0.2) is 41.3 Å². The van der Waals surface area contributed by atoms with E-state index in [9.17, 15) is 9.90 Å². The molecule has 1 amide bonds. The van der Waals surface area contributed by atoms with Gasteiger partial charge in [0.05, 0.1) is 6.10 Å². The zero-order valence-corrected chi connectivity index (χ0v) is 11.4. The van der Waals surface area contributed by atoms with Crippen molar-refractivity contribution in [1.82, 2.24) is 4.90 Å². The van der Waals surface area contributed by atoms with Gasteiger partial charge in [0.25, 0.3) is 0 Å². The van der Waals surface area contributed by atoms with E-state index in [4.69, 9.17) is 10.5 Å². The van der Waals surface area contributed by atoms with Crippen LogP contribution in [-0.2, 0) is 11.3 Å². The van der Waals surface area contributed by atoms with Crippen LogP contribution < -0.4 is 5.73 Å². The Kier molecular flexibility index (Phi) is 6.08. The minimum absolute atomic E-state index is 0. The van der Waals surface area contributed by atoms with E-state index >= 15 is 0 Å². The normalized spacial score (nSPS) is 22.5. The lowest BCUT2D eigenvalue weighted by Gasteiger charge is -2.33. The third kappa shape index (κ3) is 4.38. The summed E-state index contributed by atoms with van der Waals surface area (Å²) in [6.07, 6.45) is -0.397. The van der Waals surface area contributed by atoms with Crippen LogP contribution >= 0.6 is 12.4 Å². The first kappa shape index (κ1) is 15.8. The average molecular weight is 287 g/mol. The zero-order valence-electron chi connectivity index (χ0n) is 10.6. The topological polar surface area (TPSA) is 75.8 Å². The van der Waals surface area contributed by atoms with E-state index in [-0.39, 0.29) is 31.1 Å². The molecule has 1 heterocycles. The highest BCUT2D eigenvalue weighted by atomic mass is 35.5. The number of likely N-dealkylation sites (tertiary alicyclic amines) is 1. The molecule has 0 unspecified atom stereocenters. The van der Waals surface area contributed by atoms with Crippen molar-refractivity contribution in [3.8, 4) is 0 Å². The number of ether oxygens (including phenoxy) is 1. The van der Waals surface area contributed by atoms with Gasteiger partial charge >= 0.3 is 6.09 Å². The molecular weight excluding hydrogens is 268 g/mol. The molecule has 0 aliphatic carbocycles. The first-order chi connectivity index (χ1) is 8.66. The molecule has 0 radical (unpaired) electrons. The predicted octanol–water partition coefficient (Wildman–Crippen LogP) is 1.14. The molecule has 1 aliphatic rings. The Hall–Kier alpha value is -1.30. The number of nitrogens with two attached hydrogens (primary N) is 1. The summed E-state index contributed by atoms with van der Waals surface area (Å²) in [4.78, 5) is 13.3. The van der Waals surface area contributed by atoms with Crippen molar-refractivity contribution in [3.63, 3.8) is 0 Å². The van der Waals surface area contributed by atoms with Crippen molar-refractivity contribution in [3.05, 3.63) is 35.9 Å². The number of aliphatic hydroxyl groups is 1. The van der Waals surface area contributed by atoms with E-state index < -0.39 is 6.10 Å². The molecule has 3 N–H and O–H groups in total. The lowest BCUT2D eigenvalue weighted by atomic mass is 10.0. The third-order valence-electron chi connectivity index (χ3n) is 3.08. The molecule has 6 heteroatoms. The summed E-state index contributed by atoms with van der Waals surface area (Å²) in [5.74, 6) is 0. The lowest BCUT2D eigenvalue weighted by Crippen LogP contribution is -2.53. The SMILES string of the molecule is Cl.N[C@H]1CN(C(=O)OCc2ccccc2)CC[C@@H]1O. The number of piperidine rings is 1. The molecule has 0 aromatic heterocycles. The number of carbonyl (C=O) groups excluding carboxylic acids is 1. The molecule has 1 aromatic rings. The fourth-order valence-electron chi connectivity index (χ4n) is 1.95. The first-order valence-electron chi connectivity index (χ1n) is 6.06. The number of hydrogen-bond acceptors (Lipinski definition) is 4. The van der Waals surface area contributed by atoms with Crippen LogP contribution in [0.3, 0.4) is 0 Å². The van der Waals surface area contributed by atoms with E-state index in [2.05, 4.69) is 0 Å². The molecule has 19 heavy (non-hydrogen) atoms. The van der Waals surface area contributed by atoms with E-state index in [1.807, 2.05) is 30.3 Å². The lowest BCUT2D eigenvalue weighted by molar-refractivity contribution is 0.0441. The molecule has 0 bridgehead atoms. The molecule has 5 nitrogen and oxygen atoms in total. The van der Waals surface area contributed by atoms with Crippen LogP contribution in [0.4, 0.5) is 4.79 Å². The second-order valence-electron chi connectivity index (χ2n) is 4.51. The fraction of sp³-hybridized carbons (Fsp3) is 0.462. The van der Waals surface area contributed by atoms with Gasteiger partial charge in [-0.3, -0.25) is 0 Å². The molecule has 0 spiro atoms. The van der Waals surface area contributed by atoms with E-state index in [1.54, 1.807) is 4.90 Å².